The van der Waals surface area contributed by atoms with Gasteiger partial charge in [0.05, 0.1) is 0 Å². The summed E-state index contributed by atoms with van der Waals surface area (Å²) in [5.41, 5.74) is 8.84. The molecular weight excluding hydrogens is 232 g/mol. The smallest absolute Gasteiger partial charge is 0.0456 e. The van der Waals surface area contributed by atoms with Gasteiger partial charge in [-0.1, -0.05) is 24.6 Å². The summed E-state index contributed by atoms with van der Waals surface area (Å²) in [6.45, 7) is 0. The van der Waals surface area contributed by atoms with Crippen LogP contribution in [0.1, 0.15) is 24.8 Å². The van der Waals surface area contributed by atoms with Crippen LogP contribution in [0.3, 0.4) is 0 Å². The zero-order valence-electron chi connectivity index (χ0n) is 9.86. The van der Waals surface area contributed by atoms with Crippen LogP contribution in [-0.4, -0.2) is 11.0 Å². The van der Waals surface area contributed by atoms with Crippen LogP contribution in [-0.2, 0) is 6.42 Å². The molecule has 1 aromatic carbocycles. The Morgan fingerprint density at radius 2 is 2.06 bits per heavy atom. The summed E-state index contributed by atoms with van der Waals surface area (Å²) in [5.74, 6) is 0.758. The van der Waals surface area contributed by atoms with Crippen molar-refractivity contribution in [3.05, 3.63) is 36.0 Å². The molecule has 0 bridgehead atoms. The van der Waals surface area contributed by atoms with Crippen molar-refractivity contribution in [2.75, 3.05) is 0 Å². The fourth-order valence-electron chi connectivity index (χ4n) is 2.59. The van der Waals surface area contributed by atoms with E-state index in [2.05, 4.69) is 35.4 Å². The van der Waals surface area contributed by atoms with Gasteiger partial charge in [-0.3, -0.25) is 0 Å². The number of fused-ring (bicyclic) bond motifs is 1. The minimum atomic E-state index is 0. The molecule has 0 radical (unpaired) electrons. The van der Waals surface area contributed by atoms with Crippen LogP contribution in [0.15, 0.2) is 30.5 Å². The Bertz CT molecular complexity index is 488. The predicted octanol–water partition coefficient (Wildman–Crippen LogP) is 3.26. The molecule has 0 amide bonds. The maximum absolute atomic E-state index is 6.25. The van der Waals surface area contributed by atoms with E-state index < -0.39 is 0 Å². The van der Waals surface area contributed by atoms with Gasteiger partial charge in [-0.25, -0.2) is 0 Å². The number of aromatic amines is 1. The third-order valence-corrected chi connectivity index (χ3v) is 3.89. The molecule has 1 aliphatic carbocycles. The van der Waals surface area contributed by atoms with Crippen molar-refractivity contribution in [1.29, 1.82) is 0 Å². The van der Waals surface area contributed by atoms with Crippen LogP contribution in [0.25, 0.3) is 10.9 Å². The van der Waals surface area contributed by atoms with E-state index in [1.807, 2.05) is 0 Å². The minimum absolute atomic E-state index is 0. The highest BCUT2D eigenvalue weighted by molar-refractivity contribution is 5.85. The van der Waals surface area contributed by atoms with Crippen LogP contribution in [0, 0.1) is 5.92 Å². The molecule has 0 spiro atoms. The van der Waals surface area contributed by atoms with Crippen LogP contribution in [0.5, 0.6) is 0 Å². The number of H-pyrrole nitrogens is 1. The molecule has 1 atom stereocenters. The largest absolute Gasteiger partial charge is 0.361 e. The molecule has 1 aromatic heterocycles. The minimum Gasteiger partial charge on any atom is -0.361 e. The summed E-state index contributed by atoms with van der Waals surface area (Å²) in [5, 5.41) is 1.33. The predicted molar refractivity (Wildman–Crippen MR) is 74.6 cm³/mol. The van der Waals surface area contributed by atoms with Crippen LogP contribution < -0.4 is 5.73 Å². The average Bonchev–Trinajstić information content (AvgIpc) is 2.59. The summed E-state index contributed by atoms with van der Waals surface area (Å²) in [7, 11) is 0. The molecule has 1 heterocycles. The molecule has 3 N–H and O–H groups in total. The topological polar surface area (TPSA) is 41.8 Å². The molecule has 2 nitrogen and oxygen atoms in total. The fraction of sp³-hybridized carbons (Fsp3) is 0.429. The first-order chi connectivity index (χ1) is 7.84. The first-order valence-electron chi connectivity index (χ1n) is 6.15. The molecule has 1 aliphatic rings. The quantitative estimate of drug-likeness (QED) is 0.863. The number of nitrogens with one attached hydrogen (secondary N) is 1. The highest BCUT2D eigenvalue weighted by Crippen LogP contribution is 2.31. The van der Waals surface area contributed by atoms with Gasteiger partial charge in [0.2, 0.25) is 0 Å². The lowest BCUT2D eigenvalue weighted by Gasteiger charge is -2.31. The standard InChI is InChI=1S/C14H18N2.ClH/c15-13(10-4-3-5-10)8-11-9-16-14-7-2-1-6-12(11)14;/h1-2,6-7,9-10,13,16H,3-5,8,15H2;1H. The lowest BCUT2D eigenvalue weighted by molar-refractivity contribution is 0.261. The second kappa shape index (κ2) is 5.11. The van der Waals surface area contributed by atoms with Gasteiger partial charge in [-0.2, -0.15) is 0 Å². The van der Waals surface area contributed by atoms with E-state index in [1.165, 1.54) is 35.7 Å². The Kier molecular flexibility index (Phi) is 3.75. The maximum Gasteiger partial charge on any atom is 0.0456 e. The summed E-state index contributed by atoms with van der Waals surface area (Å²) in [6.07, 6.45) is 7.14. The SMILES string of the molecule is Cl.NC(Cc1c[nH]c2ccccc12)C1CCC1. The van der Waals surface area contributed by atoms with Crippen LogP contribution in [0.2, 0.25) is 0 Å². The lowest BCUT2D eigenvalue weighted by atomic mass is 9.78. The Morgan fingerprint density at radius 1 is 1.29 bits per heavy atom. The van der Waals surface area contributed by atoms with Gasteiger partial charge in [0.15, 0.2) is 0 Å². The number of hydrogen-bond donors (Lipinski definition) is 2. The van der Waals surface area contributed by atoms with Gasteiger partial charge in [0.1, 0.15) is 0 Å². The van der Waals surface area contributed by atoms with E-state index in [0.717, 1.165) is 12.3 Å². The van der Waals surface area contributed by atoms with Crippen molar-refractivity contribution in [3.63, 3.8) is 0 Å². The first-order valence-corrected chi connectivity index (χ1v) is 6.15. The average molecular weight is 251 g/mol. The van der Waals surface area contributed by atoms with Gasteiger partial charge < -0.3 is 10.7 Å². The highest BCUT2D eigenvalue weighted by Gasteiger charge is 2.24. The van der Waals surface area contributed by atoms with Gasteiger partial charge in [-0.05, 0) is 36.8 Å². The molecule has 2 aromatic rings. The molecule has 0 saturated heterocycles. The fourth-order valence-corrected chi connectivity index (χ4v) is 2.59. The molecule has 17 heavy (non-hydrogen) atoms. The summed E-state index contributed by atoms with van der Waals surface area (Å²) < 4.78 is 0. The van der Waals surface area contributed by atoms with Crippen molar-refractivity contribution in [1.82, 2.24) is 4.98 Å². The summed E-state index contributed by atoms with van der Waals surface area (Å²) >= 11 is 0. The summed E-state index contributed by atoms with van der Waals surface area (Å²) in [4.78, 5) is 3.31. The molecule has 3 rings (SSSR count). The summed E-state index contributed by atoms with van der Waals surface area (Å²) in [6, 6.07) is 8.79. The zero-order chi connectivity index (χ0) is 11.0. The Balaban J connectivity index is 0.00000108. The lowest BCUT2D eigenvalue weighted by Crippen LogP contribution is -2.36. The van der Waals surface area contributed by atoms with Gasteiger partial charge in [0.25, 0.3) is 0 Å². The second-order valence-corrected chi connectivity index (χ2v) is 4.92. The van der Waals surface area contributed by atoms with Crippen LogP contribution in [0.4, 0.5) is 0 Å². The van der Waals surface area contributed by atoms with Gasteiger partial charge >= 0.3 is 0 Å². The molecule has 1 unspecified atom stereocenters. The monoisotopic (exact) mass is 250 g/mol. The second-order valence-electron chi connectivity index (χ2n) is 4.92. The molecular formula is C14H19ClN2. The molecule has 92 valence electrons. The third kappa shape index (κ3) is 2.33. The van der Waals surface area contributed by atoms with Crippen molar-refractivity contribution >= 4 is 23.3 Å². The number of nitrogens with two attached hydrogens (primary N) is 1. The van der Waals surface area contributed by atoms with Crippen molar-refractivity contribution in [2.45, 2.75) is 31.7 Å². The van der Waals surface area contributed by atoms with E-state index >= 15 is 0 Å². The Morgan fingerprint density at radius 3 is 2.76 bits per heavy atom. The molecule has 1 fully saturated rings. The number of aromatic nitrogens is 1. The van der Waals surface area contributed by atoms with E-state index in [9.17, 15) is 0 Å². The molecule has 0 aliphatic heterocycles. The van der Waals surface area contributed by atoms with E-state index in [1.54, 1.807) is 0 Å². The normalized spacial score (nSPS) is 17.5. The Hall–Kier alpha value is -0.990. The van der Waals surface area contributed by atoms with Crippen molar-refractivity contribution in [2.24, 2.45) is 11.7 Å². The molecule has 1 saturated carbocycles. The zero-order valence-corrected chi connectivity index (χ0v) is 10.7. The number of hydrogen-bond acceptors (Lipinski definition) is 1. The number of halogens is 1. The Labute approximate surface area is 108 Å². The third-order valence-electron chi connectivity index (χ3n) is 3.89. The number of para-hydroxylation sites is 1. The van der Waals surface area contributed by atoms with E-state index in [0.29, 0.717) is 6.04 Å². The molecule has 3 heteroatoms. The maximum atomic E-state index is 6.25. The van der Waals surface area contributed by atoms with E-state index in [-0.39, 0.29) is 12.4 Å². The van der Waals surface area contributed by atoms with E-state index in [4.69, 9.17) is 5.73 Å². The first kappa shape index (κ1) is 12.5. The number of benzene rings is 1. The number of rotatable bonds is 3. The van der Waals surface area contributed by atoms with Gasteiger partial charge in [-0.15, -0.1) is 12.4 Å². The highest BCUT2D eigenvalue weighted by atomic mass is 35.5. The van der Waals surface area contributed by atoms with Crippen molar-refractivity contribution in [3.8, 4) is 0 Å². The van der Waals surface area contributed by atoms with Gasteiger partial charge in [0, 0.05) is 23.1 Å². The van der Waals surface area contributed by atoms with Crippen LogP contribution >= 0.6 is 12.4 Å². The van der Waals surface area contributed by atoms with Crippen molar-refractivity contribution < 1.29 is 0 Å².